The number of alkyl halides is 1. The minimum Gasteiger partial charge on any atom is -0.394 e. The van der Waals surface area contributed by atoms with E-state index in [1.54, 1.807) is 0 Å². The zero-order valence-corrected chi connectivity index (χ0v) is 12.9. The number of rotatable bonds is 10. The highest BCUT2D eigenvalue weighted by Gasteiger charge is 2.35. The van der Waals surface area contributed by atoms with Gasteiger partial charge in [-0.05, 0) is 32.4 Å². The molecule has 0 fully saturated rings. The average molecular weight is 297 g/mol. The van der Waals surface area contributed by atoms with Crippen LogP contribution in [0.4, 0.5) is 0 Å². The van der Waals surface area contributed by atoms with Crippen LogP contribution < -0.4 is 0 Å². The Balaban J connectivity index is 4.26. The van der Waals surface area contributed by atoms with E-state index in [2.05, 4.69) is 36.7 Å². The molecule has 92 valence electrons. The predicted octanol–water partition coefficient (Wildman–Crippen LogP) is 4.09. The summed E-state index contributed by atoms with van der Waals surface area (Å²) in [5.74, 6) is 0. The van der Waals surface area contributed by atoms with E-state index in [1.165, 1.54) is 12.8 Å². The highest BCUT2D eigenvalue weighted by molar-refractivity contribution is 9.09. The third-order valence-electron chi connectivity index (χ3n) is 2.42. The molecule has 0 aromatic heterocycles. The molecule has 0 saturated carbocycles. The third kappa shape index (κ3) is 6.71. The van der Waals surface area contributed by atoms with Gasteiger partial charge in [-0.15, -0.1) is 0 Å². The summed E-state index contributed by atoms with van der Waals surface area (Å²) < 4.78 is 11.9. The zero-order valence-electron chi connectivity index (χ0n) is 10.4. The highest BCUT2D eigenvalue weighted by Crippen LogP contribution is 2.24. The second kappa shape index (κ2) is 9.82. The largest absolute Gasteiger partial charge is 0.394 e. The summed E-state index contributed by atoms with van der Waals surface area (Å²) in [4.78, 5) is 0. The molecule has 0 amide bonds. The lowest BCUT2D eigenvalue weighted by molar-refractivity contribution is 0.181. The molecule has 0 N–H and O–H groups in total. The van der Waals surface area contributed by atoms with E-state index in [1.807, 2.05) is 0 Å². The van der Waals surface area contributed by atoms with Crippen LogP contribution in [0.5, 0.6) is 0 Å². The van der Waals surface area contributed by atoms with Gasteiger partial charge in [0.05, 0.1) is 0 Å². The van der Waals surface area contributed by atoms with Crippen LogP contribution in [0.25, 0.3) is 0 Å². The quantitative estimate of drug-likeness (QED) is 0.447. The van der Waals surface area contributed by atoms with E-state index in [0.29, 0.717) is 0 Å². The summed E-state index contributed by atoms with van der Waals surface area (Å²) >= 11 is 3.48. The number of unbranched alkanes of at least 4 members (excludes halogenated alkanes) is 1. The van der Waals surface area contributed by atoms with Crippen LogP contribution in [0.15, 0.2) is 0 Å². The van der Waals surface area contributed by atoms with E-state index in [-0.39, 0.29) is 0 Å². The minimum absolute atomic E-state index is 0.790. The van der Waals surface area contributed by atoms with E-state index < -0.39 is 8.56 Å². The Morgan fingerprint density at radius 2 is 1.47 bits per heavy atom. The molecule has 0 aliphatic rings. The first-order valence-corrected chi connectivity index (χ1v) is 9.43. The Kier molecular flexibility index (Phi) is 10.2. The van der Waals surface area contributed by atoms with Gasteiger partial charge in [0.15, 0.2) is 0 Å². The van der Waals surface area contributed by atoms with Crippen LogP contribution in [-0.4, -0.2) is 27.1 Å². The average Bonchev–Trinajstić information content (AvgIpc) is 2.24. The van der Waals surface area contributed by atoms with E-state index in [9.17, 15) is 0 Å². The molecular formula is C11H25BrO2Si. The molecule has 0 saturated heterocycles. The van der Waals surface area contributed by atoms with Crippen LogP contribution in [0.1, 0.15) is 40.0 Å². The van der Waals surface area contributed by atoms with Gasteiger partial charge < -0.3 is 8.85 Å². The van der Waals surface area contributed by atoms with Gasteiger partial charge in [0.25, 0.3) is 0 Å². The lowest BCUT2D eigenvalue weighted by Crippen LogP contribution is -2.42. The van der Waals surface area contributed by atoms with E-state index in [4.69, 9.17) is 8.85 Å². The molecule has 0 aliphatic heterocycles. The van der Waals surface area contributed by atoms with Crippen molar-refractivity contribution in [2.24, 2.45) is 0 Å². The normalized spacial score (nSPS) is 12.0. The van der Waals surface area contributed by atoms with Gasteiger partial charge in [-0.3, -0.25) is 0 Å². The molecule has 0 unspecified atom stereocenters. The summed E-state index contributed by atoms with van der Waals surface area (Å²) in [5.41, 5.74) is 0. The first kappa shape index (κ1) is 15.6. The van der Waals surface area contributed by atoms with E-state index in [0.717, 1.165) is 37.1 Å². The summed E-state index contributed by atoms with van der Waals surface area (Å²) in [6.45, 7) is 7.94. The van der Waals surface area contributed by atoms with Gasteiger partial charge in [-0.2, -0.15) is 0 Å². The Labute approximate surface area is 104 Å². The molecule has 0 aromatic carbocycles. The van der Waals surface area contributed by atoms with Gasteiger partial charge >= 0.3 is 8.56 Å². The van der Waals surface area contributed by atoms with Crippen molar-refractivity contribution in [3.8, 4) is 0 Å². The molecule has 4 heteroatoms. The SMILES string of the molecule is CCCC[Si](CCCBr)(OCC)OCC. The van der Waals surface area contributed by atoms with Crippen molar-refractivity contribution in [1.29, 1.82) is 0 Å². The molecule has 0 aliphatic carbocycles. The fourth-order valence-corrected chi connectivity index (χ4v) is 6.13. The van der Waals surface area contributed by atoms with Crippen molar-refractivity contribution in [1.82, 2.24) is 0 Å². The van der Waals surface area contributed by atoms with Gasteiger partial charge in [0, 0.05) is 18.5 Å². The summed E-state index contributed by atoms with van der Waals surface area (Å²) in [6, 6.07) is 2.28. The van der Waals surface area contributed by atoms with Gasteiger partial charge in [0.1, 0.15) is 0 Å². The molecule has 0 bridgehead atoms. The molecule has 0 rings (SSSR count). The molecule has 15 heavy (non-hydrogen) atoms. The van der Waals surface area contributed by atoms with Crippen molar-refractivity contribution in [3.05, 3.63) is 0 Å². The molecular weight excluding hydrogens is 272 g/mol. The first-order valence-electron chi connectivity index (χ1n) is 6.08. The second-order valence-corrected chi connectivity index (χ2v) is 7.86. The first-order chi connectivity index (χ1) is 7.24. The maximum absolute atomic E-state index is 5.97. The minimum atomic E-state index is -1.87. The van der Waals surface area contributed by atoms with Gasteiger partial charge in [-0.25, -0.2) is 0 Å². The van der Waals surface area contributed by atoms with Crippen LogP contribution in [0, 0.1) is 0 Å². The molecule has 0 aromatic rings. The monoisotopic (exact) mass is 296 g/mol. The van der Waals surface area contributed by atoms with Gasteiger partial charge in [-0.1, -0.05) is 35.7 Å². The van der Waals surface area contributed by atoms with E-state index >= 15 is 0 Å². The fourth-order valence-electron chi connectivity index (χ4n) is 1.76. The van der Waals surface area contributed by atoms with Crippen LogP contribution in [-0.2, 0) is 8.85 Å². The van der Waals surface area contributed by atoms with Crippen molar-refractivity contribution < 1.29 is 8.85 Å². The van der Waals surface area contributed by atoms with Gasteiger partial charge in [0.2, 0.25) is 0 Å². The molecule has 0 spiro atoms. The zero-order chi connectivity index (χ0) is 11.6. The summed E-state index contributed by atoms with van der Waals surface area (Å²) in [6.07, 6.45) is 3.62. The second-order valence-electron chi connectivity index (χ2n) is 3.67. The molecule has 0 heterocycles. The van der Waals surface area contributed by atoms with Crippen molar-refractivity contribution >= 4 is 24.5 Å². The van der Waals surface area contributed by atoms with Crippen molar-refractivity contribution in [2.45, 2.75) is 52.1 Å². The van der Waals surface area contributed by atoms with Crippen molar-refractivity contribution in [2.75, 3.05) is 18.5 Å². The smallest absolute Gasteiger partial charge is 0.338 e. The third-order valence-corrected chi connectivity index (χ3v) is 6.84. The Morgan fingerprint density at radius 1 is 0.933 bits per heavy atom. The topological polar surface area (TPSA) is 18.5 Å². The fraction of sp³-hybridized carbons (Fsp3) is 1.00. The lowest BCUT2D eigenvalue weighted by atomic mass is 10.4. The Bertz CT molecular complexity index is 129. The molecule has 2 nitrogen and oxygen atoms in total. The number of hydrogen-bond donors (Lipinski definition) is 0. The lowest BCUT2D eigenvalue weighted by Gasteiger charge is -2.30. The summed E-state index contributed by atoms with van der Waals surface area (Å²) in [5, 5.41) is 1.05. The predicted molar refractivity (Wildman–Crippen MR) is 71.9 cm³/mol. The van der Waals surface area contributed by atoms with Crippen LogP contribution in [0.2, 0.25) is 12.1 Å². The molecule has 0 atom stereocenters. The maximum atomic E-state index is 5.97. The summed E-state index contributed by atoms with van der Waals surface area (Å²) in [7, 11) is -1.87. The maximum Gasteiger partial charge on any atom is 0.338 e. The standard InChI is InChI=1S/C11H25BrO2Si/c1-4-7-10-15(13-5-2,14-6-3)11-8-9-12/h4-11H2,1-3H3. The van der Waals surface area contributed by atoms with Crippen LogP contribution in [0.3, 0.4) is 0 Å². The highest BCUT2D eigenvalue weighted by atomic mass is 79.9. The number of halogens is 1. The Morgan fingerprint density at radius 3 is 1.87 bits per heavy atom. The molecule has 0 radical (unpaired) electrons. The number of hydrogen-bond acceptors (Lipinski definition) is 2. The van der Waals surface area contributed by atoms with Crippen LogP contribution >= 0.6 is 15.9 Å². The Hall–Kier alpha value is 0.617. The van der Waals surface area contributed by atoms with Crippen molar-refractivity contribution in [3.63, 3.8) is 0 Å².